The number of carbonyl (C=O) groups excluding carboxylic acids is 2. The monoisotopic (exact) mass is 360 g/mol. The molecule has 1 aromatic heterocycles. The summed E-state index contributed by atoms with van der Waals surface area (Å²) in [4.78, 5) is 21.9. The van der Waals surface area contributed by atoms with E-state index >= 15 is 0 Å². The summed E-state index contributed by atoms with van der Waals surface area (Å²) in [6.45, 7) is -0.884. The van der Waals surface area contributed by atoms with Crippen LogP contribution in [0.4, 0.5) is 0 Å². The van der Waals surface area contributed by atoms with Crippen LogP contribution in [0, 0.1) is 0 Å². The van der Waals surface area contributed by atoms with E-state index in [2.05, 4.69) is 10.1 Å². The first kappa shape index (κ1) is 17.2. The quantitative estimate of drug-likeness (QED) is 0.724. The van der Waals surface area contributed by atoms with Crippen molar-refractivity contribution < 1.29 is 22.7 Å². The molecule has 11 heteroatoms. The average Bonchev–Trinajstić information content (AvgIpc) is 2.73. The lowest BCUT2D eigenvalue weighted by Crippen LogP contribution is -2.39. The van der Waals surface area contributed by atoms with Crippen molar-refractivity contribution in [3.8, 4) is 0 Å². The fourth-order valence-corrected chi connectivity index (χ4v) is 4.18. The molecule has 0 saturated carbocycles. The minimum atomic E-state index is -3.94. The van der Waals surface area contributed by atoms with Gasteiger partial charge in [0.2, 0.25) is 15.9 Å². The SMILES string of the molecule is COC(=O)CNC(=O)CNS(=O)(=O)c1cc(Cl)sc1Cl. The maximum Gasteiger partial charge on any atom is 0.325 e. The van der Waals surface area contributed by atoms with Crippen LogP contribution in [0.15, 0.2) is 11.0 Å². The van der Waals surface area contributed by atoms with Crippen LogP contribution in [-0.2, 0) is 24.3 Å². The molecule has 0 saturated heterocycles. The molecule has 1 heterocycles. The second-order valence-electron chi connectivity index (χ2n) is 3.37. The number of methoxy groups -OCH3 is 1. The zero-order chi connectivity index (χ0) is 15.3. The van der Waals surface area contributed by atoms with Crippen molar-refractivity contribution in [2.45, 2.75) is 4.90 Å². The number of amides is 1. The van der Waals surface area contributed by atoms with Crippen molar-refractivity contribution in [2.24, 2.45) is 0 Å². The molecule has 7 nitrogen and oxygen atoms in total. The summed E-state index contributed by atoms with van der Waals surface area (Å²) in [6, 6.07) is 1.18. The first-order valence-electron chi connectivity index (χ1n) is 5.04. The molecular weight excluding hydrogens is 351 g/mol. The van der Waals surface area contributed by atoms with Crippen molar-refractivity contribution >= 4 is 56.4 Å². The molecule has 0 radical (unpaired) electrons. The zero-order valence-corrected chi connectivity index (χ0v) is 13.3. The van der Waals surface area contributed by atoms with Gasteiger partial charge in [0.05, 0.1) is 18.0 Å². The Labute approximate surface area is 129 Å². The minimum Gasteiger partial charge on any atom is -0.468 e. The van der Waals surface area contributed by atoms with Gasteiger partial charge in [-0.05, 0) is 6.07 Å². The average molecular weight is 361 g/mol. The highest BCUT2D eigenvalue weighted by Crippen LogP contribution is 2.33. The summed E-state index contributed by atoms with van der Waals surface area (Å²) >= 11 is 12.3. The van der Waals surface area contributed by atoms with Gasteiger partial charge in [-0.25, -0.2) is 13.1 Å². The van der Waals surface area contributed by atoms with Crippen LogP contribution >= 0.6 is 34.5 Å². The number of thiophene rings is 1. The topological polar surface area (TPSA) is 102 Å². The van der Waals surface area contributed by atoms with Crippen LogP contribution in [0.5, 0.6) is 0 Å². The molecule has 0 fully saturated rings. The fourth-order valence-electron chi connectivity index (χ4n) is 1.05. The van der Waals surface area contributed by atoms with E-state index < -0.39 is 28.4 Å². The van der Waals surface area contributed by atoms with Gasteiger partial charge in [-0.3, -0.25) is 9.59 Å². The molecule has 112 valence electrons. The first-order valence-corrected chi connectivity index (χ1v) is 8.10. The van der Waals surface area contributed by atoms with Gasteiger partial charge in [-0.15, -0.1) is 11.3 Å². The maximum atomic E-state index is 11.8. The number of carbonyl (C=O) groups is 2. The number of hydrogen-bond acceptors (Lipinski definition) is 6. The Balaban J connectivity index is 2.58. The molecule has 0 aromatic carbocycles. The van der Waals surface area contributed by atoms with Gasteiger partial charge in [-0.1, -0.05) is 23.2 Å². The van der Waals surface area contributed by atoms with E-state index in [-0.39, 0.29) is 20.1 Å². The lowest BCUT2D eigenvalue weighted by Gasteiger charge is -2.06. The Morgan fingerprint density at radius 1 is 1.35 bits per heavy atom. The summed E-state index contributed by atoms with van der Waals surface area (Å²) in [5, 5.41) is 2.18. The van der Waals surface area contributed by atoms with Crippen LogP contribution in [0.1, 0.15) is 0 Å². The number of rotatable bonds is 6. The van der Waals surface area contributed by atoms with Gasteiger partial charge < -0.3 is 10.1 Å². The number of sulfonamides is 1. The van der Waals surface area contributed by atoms with Crippen LogP contribution in [0.25, 0.3) is 0 Å². The molecule has 0 spiro atoms. The van der Waals surface area contributed by atoms with E-state index in [1.54, 1.807) is 0 Å². The van der Waals surface area contributed by atoms with Crippen molar-refractivity contribution in [3.05, 3.63) is 14.7 Å². The molecule has 0 bridgehead atoms. The van der Waals surface area contributed by atoms with Crippen LogP contribution < -0.4 is 10.0 Å². The van der Waals surface area contributed by atoms with Gasteiger partial charge in [-0.2, -0.15) is 0 Å². The minimum absolute atomic E-state index is 0.00234. The summed E-state index contributed by atoms with van der Waals surface area (Å²) < 4.78 is 30.3. The van der Waals surface area contributed by atoms with E-state index in [4.69, 9.17) is 23.2 Å². The third-order valence-electron chi connectivity index (χ3n) is 2.00. The molecule has 1 rings (SSSR count). The molecule has 20 heavy (non-hydrogen) atoms. The predicted molar refractivity (Wildman–Crippen MR) is 74.6 cm³/mol. The Kier molecular flexibility index (Phi) is 6.21. The molecule has 0 unspecified atom stereocenters. The smallest absolute Gasteiger partial charge is 0.325 e. The molecule has 1 amide bonds. The first-order chi connectivity index (χ1) is 9.26. The maximum absolute atomic E-state index is 11.8. The van der Waals surface area contributed by atoms with E-state index in [0.717, 1.165) is 11.3 Å². The molecular formula is C9H10Cl2N2O5S2. The summed E-state index contributed by atoms with van der Waals surface area (Å²) in [7, 11) is -2.78. The third-order valence-corrected chi connectivity index (χ3v) is 5.15. The molecule has 1 aromatic rings. The lowest BCUT2D eigenvalue weighted by atomic mass is 10.5. The van der Waals surface area contributed by atoms with E-state index in [1.807, 2.05) is 4.72 Å². The Hall–Kier alpha value is -0.870. The number of nitrogens with one attached hydrogen (secondary N) is 2. The van der Waals surface area contributed by atoms with Crippen molar-refractivity contribution in [2.75, 3.05) is 20.2 Å². The summed E-state index contributed by atoms with van der Waals surface area (Å²) in [6.07, 6.45) is 0. The second-order valence-corrected chi connectivity index (χ2v) is 7.39. The molecule has 0 aliphatic heterocycles. The fraction of sp³-hybridized carbons (Fsp3) is 0.333. The highest BCUT2D eigenvalue weighted by molar-refractivity contribution is 7.89. The molecule has 0 aliphatic rings. The normalized spacial score (nSPS) is 11.2. The second kappa shape index (κ2) is 7.23. The van der Waals surface area contributed by atoms with Crippen molar-refractivity contribution in [3.63, 3.8) is 0 Å². The summed E-state index contributed by atoms with van der Waals surface area (Å²) in [5.41, 5.74) is 0. The van der Waals surface area contributed by atoms with Crippen molar-refractivity contribution in [1.29, 1.82) is 0 Å². The van der Waals surface area contributed by atoms with Gasteiger partial charge in [0.15, 0.2) is 0 Å². The Bertz CT molecular complexity index is 614. The van der Waals surface area contributed by atoms with E-state index in [9.17, 15) is 18.0 Å². The number of halogens is 2. The van der Waals surface area contributed by atoms with Gasteiger partial charge in [0.1, 0.15) is 15.8 Å². The highest BCUT2D eigenvalue weighted by atomic mass is 35.5. The van der Waals surface area contributed by atoms with Crippen LogP contribution in [-0.4, -0.2) is 40.5 Å². The standard InChI is InChI=1S/C9H10Cl2N2O5S2/c1-18-8(15)4-12-7(14)3-13-20(16,17)5-2-6(10)19-9(5)11/h2,13H,3-4H2,1H3,(H,12,14). The van der Waals surface area contributed by atoms with Gasteiger partial charge >= 0.3 is 5.97 Å². The number of hydrogen-bond donors (Lipinski definition) is 2. The lowest BCUT2D eigenvalue weighted by molar-refractivity contribution is -0.141. The number of ether oxygens (including phenoxy) is 1. The van der Waals surface area contributed by atoms with Crippen LogP contribution in [0.3, 0.4) is 0 Å². The van der Waals surface area contributed by atoms with E-state index in [1.165, 1.54) is 13.2 Å². The third kappa shape index (κ3) is 4.91. The summed E-state index contributed by atoms with van der Waals surface area (Å²) in [5.74, 6) is -1.33. The highest BCUT2D eigenvalue weighted by Gasteiger charge is 2.21. The van der Waals surface area contributed by atoms with Crippen molar-refractivity contribution in [1.82, 2.24) is 10.0 Å². The molecule has 0 atom stereocenters. The zero-order valence-electron chi connectivity index (χ0n) is 10.1. The van der Waals surface area contributed by atoms with Gasteiger partial charge in [0.25, 0.3) is 0 Å². The predicted octanol–water partition coefficient (Wildman–Crippen LogP) is 0.622. The largest absolute Gasteiger partial charge is 0.468 e. The Morgan fingerprint density at radius 2 is 2.00 bits per heavy atom. The molecule has 0 aliphatic carbocycles. The molecule has 2 N–H and O–H groups in total. The van der Waals surface area contributed by atoms with E-state index in [0.29, 0.717) is 0 Å². The van der Waals surface area contributed by atoms with Gasteiger partial charge in [0, 0.05) is 0 Å². The number of esters is 1. The Morgan fingerprint density at radius 3 is 2.50 bits per heavy atom. The van der Waals surface area contributed by atoms with Crippen LogP contribution in [0.2, 0.25) is 8.67 Å².